The third kappa shape index (κ3) is 6.35. The van der Waals surface area contributed by atoms with Crippen LogP contribution in [0.4, 0.5) is 0 Å². The number of hydrogen-bond acceptors (Lipinski definition) is 3. The first-order chi connectivity index (χ1) is 15.2. The predicted octanol–water partition coefficient (Wildman–Crippen LogP) is 7.20. The van der Waals surface area contributed by atoms with Crippen molar-refractivity contribution in [2.24, 2.45) is 5.92 Å². The van der Waals surface area contributed by atoms with Crippen molar-refractivity contribution in [3.63, 3.8) is 0 Å². The predicted molar refractivity (Wildman–Crippen MR) is 134 cm³/mol. The number of carbonyl (C=O) groups excluding carboxylic acids is 1. The van der Waals surface area contributed by atoms with Gasteiger partial charge in [-0.2, -0.15) is 5.06 Å². The van der Waals surface area contributed by atoms with Crippen molar-refractivity contribution < 1.29 is 9.63 Å². The van der Waals surface area contributed by atoms with E-state index in [2.05, 4.69) is 83.1 Å². The fraction of sp³-hybridized carbons (Fsp3) is 0.750. The molecule has 32 heavy (non-hydrogen) atoms. The van der Waals surface area contributed by atoms with Crippen molar-refractivity contribution >= 4 is 5.91 Å². The van der Waals surface area contributed by atoms with E-state index in [0.717, 1.165) is 32.1 Å². The van der Waals surface area contributed by atoms with Gasteiger partial charge in [0.25, 0.3) is 0 Å². The number of piperidine rings is 1. The monoisotopic (exact) mass is 444 g/mol. The standard InChI is InChI=1S/C28H48N2O2/c1-8-11-12-13-17-20-26(31)29-25-21-27(6,9-2)30(28(7,10-3)22(25)4)32-23(5)24-18-15-14-16-19-24/h14-16,18-19,22-23,25H,8-13,17,20-21H2,1-7H3,(H,29,31). The molecule has 4 nitrogen and oxygen atoms in total. The van der Waals surface area contributed by atoms with Gasteiger partial charge >= 0.3 is 0 Å². The number of nitrogens with zero attached hydrogens (tertiary/aromatic N) is 1. The Balaban J connectivity index is 2.13. The molecule has 5 unspecified atom stereocenters. The minimum atomic E-state index is -0.162. The van der Waals surface area contributed by atoms with E-state index in [1.807, 2.05) is 6.07 Å². The molecule has 1 saturated heterocycles. The summed E-state index contributed by atoms with van der Waals surface area (Å²) in [6.45, 7) is 15.7. The van der Waals surface area contributed by atoms with Crippen molar-refractivity contribution in [2.45, 2.75) is 129 Å². The average molecular weight is 445 g/mol. The van der Waals surface area contributed by atoms with Gasteiger partial charge in [-0.15, -0.1) is 0 Å². The summed E-state index contributed by atoms with van der Waals surface area (Å²) in [5.41, 5.74) is 0.889. The maximum absolute atomic E-state index is 12.8. The van der Waals surface area contributed by atoms with Crippen LogP contribution in [0.1, 0.15) is 118 Å². The van der Waals surface area contributed by atoms with Crippen molar-refractivity contribution in [3.05, 3.63) is 35.9 Å². The van der Waals surface area contributed by atoms with E-state index >= 15 is 0 Å². The van der Waals surface area contributed by atoms with Crippen LogP contribution in [0.3, 0.4) is 0 Å². The molecule has 0 aromatic heterocycles. The number of hydroxylamine groups is 2. The molecule has 0 spiro atoms. The fourth-order valence-corrected chi connectivity index (χ4v) is 5.26. The summed E-state index contributed by atoms with van der Waals surface area (Å²) in [7, 11) is 0. The lowest BCUT2D eigenvalue weighted by molar-refractivity contribution is -0.327. The lowest BCUT2D eigenvalue weighted by atomic mass is 9.68. The topological polar surface area (TPSA) is 41.6 Å². The van der Waals surface area contributed by atoms with E-state index in [9.17, 15) is 4.79 Å². The number of hydrogen-bond donors (Lipinski definition) is 1. The molecule has 0 aliphatic carbocycles. The van der Waals surface area contributed by atoms with E-state index in [4.69, 9.17) is 4.84 Å². The van der Waals surface area contributed by atoms with Gasteiger partial charge in [0.15, 0.2) is 0 Å². The van der Waals surface area contributed by atoms with E-state index < -0.39 is 0 Å². The second-order valence-corrected chi connectivity index (χ2v) is 10.3. The second-order valence-electron chi connectivity index (χ2n) is 10.3. The lowest BCUT2D eigenvalue weighted by Crippen LogP contribution is -2.70. The smallest absolute Gasteiger partial charge is 0.220 e. The number of carbonyl (C=O) groups is 1. The highest BCUT2D eigenvalue weighted by Gasteiger charge is 2.54. The molecule has 5 atom stereocenters. The fourth-order valence-electron chi connectivity index (χ4n) is 5.26. The van der Waals surface area contributed by atoms with Crippen LogP contribution in [0.5, 0.6) is 0 Å². The van der Waals surface area contributed by atoms with E-state index in [1.165, 1.54) is 24.8 Å². The van der Waals surface area contributed by atoms with Gasteiger partial charge in [-0.1, -0.05) is 83.7 Å². The molecule has 1 aliphatic rings. The SMILES string of the molecule is CCCCCCCC(=O)NC1CC(C)(CC)N(OC(C)c2ccccc2)C(C)(CC)C1C. The highest BCUT2D eigenvalue weighted by molar-refractivity contribution is 5.76. The van der Waals surface area contributed by atoms with Gasteiger partial charge in [0.05, 0.1) is 0 Å². The Bertz CT molecular complexity index is 694. The molecule has 1 fully saturated rings. The Hall–Kier alpha value is -1.39. The number of benzene rings is 1. The Morgan fingerprint density at radius 2 is 1.75 bits per heavy atom. The van der Waals surface area contributed by atoms with Gasteiger partial charge in [-0.25, -0.2) is 0 Å². The summed E-state index contributed by atoms with van der Waals surface area (Å²) < 4.78 is 0. The number of unbranched alkanes of at least 4 members (excludes halogenated alkanes) is 4. The summed E-state index contributed by atoms with van der Waals surface area (Å²) in [5, 5.41) is 5.72. The molecule has 0 saturated carbocycles. The summed E-state index contributed by atoms with van der Waals surface area (Å²) in [6, 6.07) is 10.6. The summed E-state index contributed by atoms with van der Waals surface area (Å²) in [5.74, 6) is 0.501. The zero-order valence-electron chi connectivity index (χ0n) is 21.7. The minimum Gasteiger partial charge on any atom is -0.353 e. The molecule has 1 aromatic rings. The summed E-state index contributed by atoms with van der Waals surface area (Å²) in [4.78, 5) is 19.5. The first-order valence-corrected chi connectivity index (χ1v) is 13.0. The van der Waals surface area contributed by atoms with Gasteiger partial charge in [0, 0.05) is 23.5 Å². The molecule has 1 aromatic carbocycles. The Morgan fingerprint density at radius 3 is 2.34 bits per heavy atom. The molecule has 182 valence electrons. The van der Waals surface area contributed by atoms with Crippen molar-refractivity contribution in [1.29, 1.82) is 0 Å². The average Bonchev–Trinajstić information content (AvgIpc) is 2.80. The van der Waals surface area contributed by atoms with Crippen LogP contribution in [-0.4, -0.2) is 28.1 Å². The molecule has 2 rings (SSSR count). The van der Waals surface area contributed by atoms with Crippen LogP contribution >= 0.6 is 0 Å². The largest absolute Gasteiger partial charge is 0.353 e. The van der Waals surface area contributed by atoms with Crippen molar-refractivity contribution in [3.8, 4) is 0 Å². The summed E-state index contributed by atoms with van der Waals surface area (Å²) >= 11 is 0. The van der Waals surface area contributed by atoms with Crippen molar-refractivity contribution in [1.82, 2.24) is 10.4 Å². The van der Waals surface area contributed by atoms with Crippen LogP contribution in [0, 0.1) is 5.92 Å². The molecular formula is C28H48N2O2. The maximum Gasteiger partial charge on any atom is 0.220 e. The van der Waals surface area contributed by atoms with E-state index in [0.29, 0.717) is 12.3 Å². The minimum absolute atomic E-state index is 0.0191. The van der Waals surface area contributed by atoms with Crippen molar-refractivity contribution in [2.75, 3.05) is 0 Å². The molecule has 0 bridgehead atoms. The maximum atomic E-state index is 12.8. The first kappa shape index (κ1) is 26.9. The molecule has 1 N–H and O–H groups in total. The molecule has 4 heteroatoms. The molecule has 0 radical (unpaired) electrons. The zero-order chi connectivity index (χ0) is 23.8. The van der Waals surface area contributed by atoms with Gasteiger partial charge < -0.3 is 5.32 Å². The lowest BCUT2D eigenvalue weighted by Gasteiger charge is -2.60. The van der Waals surface area contributed by atoms with E-state index in [-0.39, 0.29) is 29.1 Å². The Labute approximate surface area is 197 Å². The van der Waals surface area contributed by atoms with Crippen LogP contribution in [-0.2, 0) is 9.63 Å². The zero-order valence-corrected chi connectivity index (χ0v) is 21.7. The normalized spacial score (nSPS) is 29.6. The van der Waals surface area contributed by atoms with Crippen LogP contribution in [0.25, 0.3) is 0 Å². The van der Waals surface area contributed by atoms with E-state index in [1.54, 1.807) is 0 Å². The van der Waals surface area contributed by atoms with Gasteiger partial charge in [0.2, 0.25) is 5.91 Å². The highest BCUT2D eigenvalue weighted by Crippen LogP contribution is 2.47. The van der Waals surface area contributed by atoms with Gasteiger partial charge in [-0.05, 0) is 57.9 Å². The van der Waals surface area contributed by atoms with Crippen LogP contribution < -0.4 is 5.32 Å². The Morgan fingerprint density at radius 1 is 1.09 bits per heavy atom. The number of amides is 1. The molecule has 1 amide bonds. The molecule has 1 aliphatic heterocycles. The molecular weight excluding hydrogens is 396 g/mol. The Kier molecular flexibility index (Phi) is 10.2. The quantitative estimate of drug-likeness (QED) is 0.346. The van der Waals surface area contributed by atoms with Gasteiger partial charge in [0.1, 0.15) is 6.10 Å². The van der Waals surface area contributed by atoms with Crippen LogP contribution in [0.15, 0.2) is 30.3 Å². The van der Waals surface area contributed by atoms with Crippen LogP contribution in [0.2, 0.25) is 0 Å². The number of nitrogens with one attached hydrogen (secondary N) is 1. The third-order valence-electron chi connectivity index (χ3n) is 8.06. The third-order valence-corrected chi connectivity index (χ3v) is 8.06. The number of rotatable bonds is 12. The summed E-state index contributed by atoms with van der Waals surface area (Å²) in [6.07, 6.45) is 9.35. The van der Waals surface area contributed by atoms with Gasteiger partial charge in [-0.3, -0.25) is 9.63 Å². The highest BCUT2D eigenvalue weighted by atomic mass is 16.7. The first-order valence-electron chi connectivity index (χ1n) is 13.0. The second kappa shape index (κ2) is 12.2. The molecule has 1 heterocycles.